The summed E-state index contributed by atoms with van der Waals surface area (Å²) >= 11 is 0. The minimum Gasteiger partial charge on any atom is -0.508 e. The monoisotopic (exact) mass is 238 g/mol. The van der Waals surface area contributed by atoms with E-state index < -0.39 is 0 Å². The van der Waals surface area contributed by atoms with Gasteiger partial charge in [0, 0.05) is 16.5 Å². The summed E-state index contributed by atoms with van der Waals surface area (Å²) in [6.45, 7) is 4.14. The number of benzene rings is 2. The number of rotatable bonds is 1. The van der Waals surface area contributed by atoms with Gasteiger partial charge in [0.2, 0.25) is 0 Å². The number of aryl methyl sites for hydroxylation is 2. The molecule has 0 atom stereocenters. The fourth-order valence-corrected chi connectivity index (χ4v) is 2.22. The molecule has 3 rings (SSSR count). The molecule has 18 heavy (non-hydrogen) atoms. The topological polar surface area (TPSA) is 33.4 Å². The summed E-state index contributed by atoms with van der Waals surface area (Å²) in [5.74, 6) is 1.14. The summed E-state index contributed by atoms with van der Waals surface area (Å²) in [4.78, 5) is 0. The number of phenolic OH excluding ortho intramolecular Hbond substituents is 1. The van der Waals surface area contributed by atoms with Crippen LogP contribution in [0.5, 0.6) is 5.75 Å². The first-order valence-electron chi connectivity index (χ1n) is 5.94. The van der Waals surface area contributed by atoms with E-state index in [1.54, 1.807) is 12.1 Å². The van der Waals surface area contributed by atoms with Crippen LogP contribution in [0.3, 0.4) is 0 Å². The summed E-state index contributed by atoms with van der Waals surface area (Å²) in [6.07, 6.45) is 0. The van der Waals surface area contributed by atoms with Crippen LogP contribution in [0.15, 0.2) is 46.9 Å². The van der Waals surface area contributed by atoms with Gasteiger partial charge in [-0.2, -0.15) is 0 Å². The van der Waals surface area contributed by atoms with Crippen molar-refractivity contribution in [3.8, 4) is 17.1 Å². The Labute approximate surface area is 105 Å². The third-order valence-electron chi connectivity index (χ3n) is 3.22. The molecule has 2 heteroatoms. The molecule has 1 aromatic heterocycles. The van der Waals surface area contributed by atoms with Gasteiger partial charge in [-0.1, -0.05) is 11.6 Å². The fourth-order valence-electron chi connectivity index (χ4n) is 2.22. The van der Waals surface area contributed by atoms with Crippen LogP contribution in [-0.2, 0) is 0 Å². The molecule has 0 amide bonds. The van der Waals surface area contributed by atoms with Crippen molar-refractivity contribution in [1.82, 2.24) is 0 Å². The lowest BCUT2D eigenvalue weighted by Crippen LogP contribution is -1.77. The summed E-state index contributed by atoms with van der Waals surface area (Å²) < 4.78 is 5.90. The highest BCUT2D eigenvalue weighted by molar-refractivity contribution is 5.88. The molecule has 0 saturated heterocycles. The van der Waals surface area contributed by atoms with Crippen molar-refractivity contribution in [2.24, 2.45) is 0 Å². The van der Waals surface area contributed by atoms with Gasteiger partial charge in [-0.15, -0.1) is 0 Å². The lowest BCUT2D eigenvalue weighted by molar-refractivity contribution is 0.475. The third-order valence-corrected chi connectivity index (χ3v) is 3.22. The van der Waals surface area contributed by atoms with Crippen LogP contribution >= 0.6 is 0 Å². The number of aromatic hydroxyl groups is 1. The third kappa shape index (κ3) is 1.66. The Balaban J connectivity index is 2.23. The molecule has 0 aliphatic carbocycles. The molecule has 0 saturated carbocycles. The first-order chi connectivity index (χ1) is 8.65. The highest BCUT2D eigenvalue weighted by Gasteiger charge is 2.12. The minimum atomic E-state index is 0.267. The van der Waals surface area contributed by atoms with E-state index in [0.717, 1.165) is 27.9 Å². The van der Waals surface area contributed by atoms with Crippen molar-refractivity contribution < 1.29 is 9.52 Å². The Hall–Kier alpha value is -2.22. The van der Waals surface area contributed by atoms with E-state index in [1.807, 2.05) is 24.3 Å². The van der Waals surface area contributed by atoms with Crippen molar-refractivity contribution >= 4 is 11.0 Å². The Morgan fingerprint density at radius 3 is 2.39 bits per heavy atom. The summed E-state index contributed by atoms with van der Waals surface area (Å²) in [5.41, 5.74) is 4.25. The fraction of sp³-hybridized carbons (Fsp3) is 0.125. The number of phenols is 1. The zero-order valence-electron chi connectivity index (χ0n) is 10.4. The Kier molecular flexibility index (Phi) is 2.37. The highest BCUT2D eigenvalue weighted by Crippen LogP contribution is 2.33. The van der Waals surface area contributed by atoms with Crippen LogP contribution < -0.4 is 0 Å². The lowest BCUT2D eigenvalue weighted by Gasteiger charge is -1.98. The predicted octanol–water partition coefficient (Wildman–Crippen LogP) is 4.42. The van der Waals surface area contributed by atoms with Crippen LogP contribution in [0.25, 0.3) is 22.3 Å². The molecule has 3 aromatic rings. The Morgan fingerprint density at radius 2 is 1.67 bits per heavy atom. The molecule has 0 fully saturated rings. The van der Waals surface area contributed by atoms with Gasteiger partial charge in [0.25, 0.3) is 0 Å². The number of hydrogen-bond acceptors (Lipinski definition) is 2. The van der Waals surface area contributed by atoms with Gasteiger partial charge in [0.15, 0.2) is 0 Å². The SMILES string of the molecule is Cc1ccc2oc(-c3ccc(O)cc3)c(C)c2c1. The molecular formula is C16H14O2. The molecule has 0 bridgehead atoms. The van der Waals surface area contributed by atoms with E-state index >= 15 is 0 Å². The van der Waals surface area contributed by atoms with Crippen LogP contribution in [0.1, 0.15) is 11.1 Å². The Bertz CT molecular complexity index is 706. The molecule has 0 unspecified atom stereocenters. The molecule has 0 spiro atoms. The molecule has 0 aliphatic rings. The zero-order valence-corrected chi connectivity index (χ0v) is 10.4. The Morgan fingerprint density at radius 1 is 0.944 bits per heavy atom. The van der Waals surface area contributed by atoms with Crippen molar-refractivity contribution in [2.75, 3.05) is 0 Å². The van der Waals surface area contributed by atoms with E-state index in [-0.39, 0.29) is 5.75 Å². The smallest absolute Gasteiger partial charge is 0.138 e. The van der Waals surface area contributed by atoms with Gasteiger partial charge in [0.1, 0.15) is 17.1 Å². The molecule has 1 N–H and O–H groups in total. The molecule has 2 nitrogen and oxygen atoms in total. The van der Waals surface area contributed by atoms with Crippen molar-refractivity contribution in [3.63, 3.8) is 0 Å². The minimum absolute atomic E-state index is 0.267. The number of fused-ring (bicyclic) bond motifs is 1. The van der Waals surface area contributed by atoms with Crippen LogP contribution in [0.4, 0.5) is 0 Å². The molecule has 1 heterocycles. The molecular weight excluding hydrogens is 224 g/mol. The van der Waals surface area contributed by atoms with Gasteiger partial charge in [-0.25, -0.2) is 0 Å². The van der Waals surface area contributed by atoms with Gasteiger partial charge in [-0.05, 0) is 50.2 Å². The normalized spacial score (nSPS) is 11.0. The first kappa shape index (κ1) is 10.9. The summed E-state index contributed by atoms with van der Waals surface area (Å²) in [6, 6.07) is 13.3. The van der Waals surface area contributed by atoms with E-state index in [0.29, 0.717) is 0 Å². The molecule has 0 aliphatic heterocycles. The van der Waals surface area contributed by atoms with E-state index in [1.165, 1.54) is 5.56 Å². The second kappa shape index (κ2) is 3.91. The largest absolute Gasteiger partial charge is 0.508 e. The molecule has 2 aromatic carbocycles. The quantitative estimate of drug-likeness (QED) is 0.680. The van der Waals surface area contributed by atoms with Crippen LogP contribution in [0, 0.1) is 13.8 Å². The van der Waals surface area contributed by atoms with E-state index in [2.05, 4.69) is 19.9 Å². The maximum absolute atomic E-state index is 9.32. The molecule has 0 radical (unpaired) electrons. The van der Waals surface area contributed by atoms with Crippen molar-refractivity contribution in [2.45, 2.75) is 13.8 Å². The van der Waals surface area contributed by atoms with Crippen molar-refractivity contribution in [1.29, 1.82) is 0 Å². The maximum atomic E-state index is 9.32. The standard InChI is InChI=1S/C16H14O2/c1-10-3-8-15-14(9-10)11(2)16(18-15)12-4-6-13(17)7-5-12/h3-9,17H,1-2H3. The van der Waals surface area contributed by atoms with Gasteiger partial charge in [0.05, 0.1) is 0 Å². The lowest BCUT2D eigenvalue weighted by atomic mass is 10.1. The summed E-state index contributed by atoms with van der Waals surface area (Å²) in [7, 11) is 0. The maximum Gasteiger partial charge on any atom is 0.138 e. The average molecular weight is 238 g/mol. The number of hydrogen-bond donors (Lipinski definition) is 1. The summed E-state index contributed by atoms with van der Waals surface area (Å²) in [5, 5.41) is 10.5. The highest BCUT2D eigenvalue weighted by atomic mass is 16.3. The second-order valence-corrected chi connectivity index (χ2v) is 4.60. The predicted molar refractivity (Wildman–Crippen MR) is 72.8 cm³/mol. The van der Waals surface area contributed by atoms with Gasteiger partial charge >= 0.3 is 0 Å². The first-order valence-corrected chi connectivity index (χ1v) is 5.94. The van der Waals surface area contributed by atoms with Gasteiger partial charge in [-0.3, -0.25) is 0 Å². The van der Waals surface area contributed by atoms with E-state index in [4.69, 9.17) is 4.42 Å². The second-order valence-electron chi connectivity index (χ2n) is 4.60. The molecule has 90 valence electrons. The number of furan rings is 1. The van der Waals surface area contributed by atoms with Crippen molar-refractivity contribution in [3.05, 3.63) is 53.6 Å². The zero-order chi connectivity index (χ0) is 12.7. The average Bonchev–Trinajstić information content (AvgIpc) is 2.68. The van der Waals surface area contributed by atoms with E-state index in [9.17, 15) is 5.11 Å². The van der Waals surface area contributed by atoms with Crippen LogP contribution in [0.2, 0.25) is 0 Å². The van der Waals surface area contributed by atoms with Gasteiger partial charge < -0.3 is 9.52 Å². The van der Waals surface area contributed by atoms with Crippen LogP contribution in [-0.4, -0.2) is 5.11 Å².